The number of hydrogen-bond acceptors (Lipinski definition) is 3. The Morgan fingerprint density at radius 2 is 1.41 bits per heavy atom. The van der Waals surface area contributed by atoms with E-state index in [-0.39, 0.29) is 18.0 Å². The number of ether oxygens (including phenoxy) is 3. The molecule has 2 aromatic carbocycles. The summed E-state index contributed by atoms with van der Waals surface area (Å²) in [6.45, 7) is 6.58. The third kappa shape index (κ3) is 3.01. The topological polar surface area (TPSA) is 31.0 Å². The Balaban J connectivity index is 1.75. The van der Waals surface area contributed by atoms with Crippen molar-refractivity contribution < 1.29 is 14.2 Å². The van der Waals surface area contributed by atoms with Crippen LogP contribution in [0.2, 0.25) is 0 Å². The maximum absolute atomic E-state index is 5.67. The molecule has 0 aromatic heterocycles. The largest absolute Gasteiger partial charge is 0.459 e. The molecule has 0 amide bonds. The van der Waals surface area contributed by atoms with Crippen LogP contribution in [-0.2, 0) is 14.9 Å². The highest BCUT2D eigenvalue weighted by Crippen LogP contribution is 2.33. The lowest BCUT2D eigenvalue weighted by molar-refractivity contribution is 0.0949. The molecule has 1 aliphatic rings. The maximum Gasteiger partial charge on any atom is 0.254 e. The van der Waals surface area contributed by atoms with Crippen molar-refractivity contribution in [2.75, 3.05) is 7.11 Å². The van der Waals surface area contributed by atoms with Gasteiger partial charge >= 0.3 is 0 Å². The third-order valence-corrected chi connectivity index (χ3v) is 4.25. The van der Waals surface area contributed by atoms with Gasteiger partial charge in [0, 0.05) is 12.5 Å². The minimum atomic E-state index is -0.277. The van der Waals surface area contributed by atoms with Gasteiger partial charge in [0.1, 0.15) is 5.75 Å². The summed E-state index contributed by atoms with van der Waals surface area (Å²) >= 11 is 0. The zero-order valence-corrected chi connectivity index (χ0v) is 13.5. The Hall–Kier alpha value is -1.84. The summed E-state index contributed by atoms with van der Waals surface area (Å²) in [6.07, 6.45) is -0.510. The van der Waals surface area contributed by atoms with Crippen LogP contribution in [0, 0.1) is 6.92 Å². The average molecular weight is 298 g/mol. The lowest BCUT2D eigenvalue weighted by atomic mass is 9.78. The van der Waals surface area contributed by atoms with Gasteiger partial charge in [-0.25, -0.2) is 0 Å². The van der Waals surface area contributed by atoms with Crippen molar-refractivity contribution in [3.05, 3.63) is 65.2 Å². The van der Waals surface area contributed by atoms with E-state index in [9.17, 15) is 0 Å². The number of aryl methyl sites for hydroxylation is 1. The molecule has 22 heavy (non-hydrogen) atoms. The average Bonchev–Trinajstić information content (AvgIpc) is 3.26. The van der Waals surface area contributed by atoms with Gasteiger partial charge in [0.15, 0.2) is 0 Å². The Morgan fingerprint density at radius 3 is 1.91 bits per heavy atom. The SMILES string of the molecule is COC1OC1Oc1ccc(C(C)(C)c2ccc(C)cc2)cc1. The lowest BCUT2D eigenvalue weighted by Gasteiger charge is -2.26. The van der Waals surface area contributed by atoms with Crippen LogP contribution in [-0.4, -0.2) is 19.7 Å². The zero-order valence-electron chi connectivity index (χ0n) is 13.5. The summed E-state index contributed by atoms with van der Waals surface area (Å²) in [4.78, 5) is 0. The molecule has 2 aromatic rings. The molecule has 2 atom stereocenters. The van der Waals surface area contributed by atoms with Crippen molar-refractivity contribution in [2.45, 2.75) is 38.8 Å². The smallest absolute Gasteiger partial charge is 0.254 e. The maximum atomic E-state index is 5.67. The molecule has 1 fully saturated rings. The molecular formula is C19H22O3. The summed E-state index contributed by atoms with van der Waals surface area (Å²) in [5, 5.41) is 0. The van der Waals surface area contributed by atoms with E-state index < -0.39 is 0 Å². The molecule has 0 saturated carbocycles. The molecule has 1 aliphatic heterocycles. The normalized spacial score (nSPS) is 20.7. The first-order chi connectivity index (χ1) is 10.5. The minimum absolute atomic E-state index is 0.0443. The predicted octanol–water partition coefficient (Wildman–Crippen LogP) is 4.03. The van der Waals surface area contributed by atoms with Gasteiger partial charge in [0.05, 0.1) is 0 Å². The van der Waals surface area contributed by atoms with E-state index in [0.717, 1.165) is 5.75 Å². The van der Waals surface area contributed by atoms with Gasteiger partial charge in [-0.1, -0.05) is 55.8 Å². The third-order valence-electron chi connectivity index (χ3n) is 4.25. The van der Waals surface area contributed by atoms with Crippen molar-refractivity contribution in [3.63, 3.8) is 0 Å². The van der Waals surface area contributed by atoms with Gasteiger partial charge in [-0.15, -0.1) is 0 Å². The predicted molar refractivity (Wildman–Crippen MR) is 86.0 cm³/mol. The van der Waals surface area contributed by atoms with Crippen LogP contribution in [0.4, 0.5) is 0 Å². The highest BCUT2D eigenvalue weighted by atomic mass is 16.9. The number of methoxy groups -OCH3 is 1. The van der Waals surface area contributed by atoms with Gasteiger partial charge in [0.25, 0.3) is 6.29 Å². The Morgan fingerprint density at radius 1 is 0.864 bits per heavy atom. The van der Waals surface area contributed by atoms with E-state index >= 15 is 0 Å². The summed E-state index contributed by atoms with van der Waals surface area (Å²) in [6, 6.07) is 16.9. The van der Waals surface area contributed by atoms with E-state index in [2.05, 4.69) is 57.2 Å². The van der Waals surface area contributed by atoms with Crippen LogP contribution < -0.4 is 4.74 Å². The van der Waals surface area contributed by atoms with E-state index in [1.165, 1.54) is 16.7 Å². The molecule has 116 valence electrons. The molecule has 0 N–H and O–H groups in total. The molecule has 0 spiro atoms. The molecule has 3 heteroatoms. The van der Waals surface area contributed by atoms with Crippen LogP contribution in [0.1, 0.15) is 30.5 Å². The van der Waals surface area contributed by atoms with Gasteiger partial charge in [-0.3, -0.25) is 0 Å². The fourth-order valence-electron chi connectivity index (χ4n) is 2.56. The molecule has 0 aliphatic carbocycles. The van der Waals surface area contributed by atoms with Crippen molar-refractivity contribution in [1.29, 1.82) is 0 Å². The van der Waals surface area contributed by atoms with Crippen LogP contribution >= 0.6 is 0 Å². The number of hydrogen-bond donors (Lipinski definition) is 0. The van der Waals surface area contributed by atoms with Crippen LogP contribution in [0.15, 0.2) is 48.5 Å². The Bertz CT molecular complexity index is 629. The van der Waals surface area contributed by atoms with Gasteiger partial charge in [-0.2, -0.15) is 0 Å². The fourth-order valence-corrected chi connectivity index (χ4v) is 2.56. The quantitative estimate of drug-likeness (QED) is 0.781. The molecular weight excluding hydrogens is 276 g/mol. The molecule has 2 unspecified atom stereocenters. The first-order valence-corrected chi connectivity index (χ1v) is 7.53. The van der Waals surface area contributed by atoms with E-state index in [1.807, 2.05) is 12.1 Å². The van der Waals surface area contributed by atoms with Gasteiger partial charge in [0.2, 0.25) is 6.29 Å². The van der Waals surface area contributed by atoms with E-state index in [1.54, 1.807) is 7.11 Å². The number of epoxide rings is 1. The molecule has 3 rings (SSSR count). The Kier molecular flexibility index (Phi) is 3.94. The standard InChI is InChI=1S/C19H22O3/c1-13-5-7-14(8-6-13)19(2,3)15-9-11-16(12-10-15)21-18-17(20-4)22-18/h5-12,17-18H,1-4H3. The highest BCUT2D eigenvalue weighted by Gasteiger charge is 2.42. The molecule has 0 radical (unpaired) electrons. The van der Waals surface area contributed by atoms with E-state index in [0.29, 0.717) is 0 Å². The highest BCUT2D eigenvalue weighted by molar-refractivity contribution is 5.40. The van der Waals surface area contributed by atoms with Crippen molar-refractivity contribution in [1.82, 2.24) is 0 Å². The van der Waals surface area contributed by atoms with Crippen molar-refractivity contribution in [2.24, 2.45) is 0 Å². The van der Waals surface area contributed by atoms with Crippen molar-refractivity contribution >= 4 is 0 Å². The Labute approximate surface area is 131 Å². The zero-order chi connectivity index (χ0) is 15.7. The number of rotatable bonds is 5. The summed E-state index contributed by atoms with van der Waals surface area (Å²) in [7, 11) is 1.61. The second-order valence-corrected chi connectivity index (χ2v) is 6.24. The van der Waals surface area contributed by atoms with E-state index in [4.69, 9.17) is 14.2 Å². The second kappa shape index (κ2) is 5.75. The molecule has 0 bridgehead atoms. The monoisotopic (exact) mass is 298 g/mol. The molecule has 1 saturated heterocycles. The van der Waals surface area contributed by atoms with Gasteiger partial charge in [-0.05, 0) is 30.2 Å². The second-order valence-electron chi connectivity index (χ2n) is 6.24. The molecule has 3 nitrogen and oxygen atoms in total. The first-order valence-electron chi connectivity index (χ1n) is 7.53. The van der Waals surface area contributed by atoms with Gasteiger partial charge < -0.3 is 14.2 Å². The lowest BCUT2D eigenvalue weighted by Crippen LogP contribution is -2.18. The van der Waals surface area contributed by atoms with Crippen LogP contribution in [0.5, 0.6) is 5.75 Å². The summed E-state index contributed by atoms with van der Waals surface area (Å²) in [5.41, 5.74) is 3.79. The minimum Gasteiger partial charge on any atom is -0.459 e. The first kappa shape index (κ1) is 15.1. The van der Waals surface area contributed by atoms with Crippen LogP contribution in [0.25, 0.3) is 0 Å². The summed E-state index contributed by atoms with van der Waals surface area (Å²) in [5.74, 6) is 0.799. The van der Waals surface area contributed by atoms with Crippen LogP contribution in [0.3, 0.4) is 0 Å². The number of benzene rings is 2. The molecule has 1 heterocycles. The fraction of sp³-hybridized carbons (Fsp3) is 0.368. The van der Waals surface area contributed by atoms with Crippen molar-refractivity contribution in [3.8, 4) is 5.75 Å². The summed E-state index contributed by atoms with van der Waals surface area (Å²) < 4.78 is 15.9.